The van der Waals surface area contributed by atoms with Crippen molar-refractivity contribution in [1.29, 1.82) is 0 Å². The van der Waals surface area contributed by atoms with E-state index in [1.54, 1.807) is 0 Å². The third kappa shape index (κ3) is 4.62. The van der Waals surface area contributed by atoms with Gasteiger partial charge in [0.25, 0.3) is 0 Å². The fourth-order valence-corrected chi connectivity index (χ4v) is 2.35. The third-order valence-corrected chi connectivity index (χ3v) is 3.77. The van der Waals surface area contributed by atoms with Crippen LogP contribution >= 0.6 is 28.1 Å². The molecule has 0 aliphatic heterocycles. The van der Waals surface area contributed by atoms with E-state index in [0.29, 0.717) is 4.99 Å². The molecular formula is C16H17BrN2S. The molecule has 0 aliphatic rings. The van der Waals surface area contributed by atoms with E-state index < -0.39 is 0 Å². The Labute approximate surface area is 133 Å². The van der Waals surface area contributed by atoms with Gasteiger partial charge in [0, 0.05) is 29.7 Å². The number of hydrogen-bond donors (Lipinski definition) is 1. The second-order valence-corrected chi connectivity index (χ2v) is 6.04. The molecular weight excluding hydrogens is 332 g/mol. The number of nitrogens with two attached hydrogens (primary N) is 1. The maximum atomic E-state index is 5.63. The summed E-state index contributed by atoms with van der Waals surface area (Å²) in [6.45, 7) is 1.68. The van der Waals surface area contributed by atoms with Gasteiger partial charge in [-0.1, -0.05) is 58.5 Å². The number of anilines is 1. The number of nitrogens with zero attached hydrogens (tertiary/aromatic N) is 1. The first-order chi connectivity index (χ1) is 9.65. The van der Waals surface area contributed by atoms with Gasteiger partial charge in [0.2, 0.25) is 0 Å². The van der Waals surface area contributed by atoms with Gasteiger partial charge in [-0.15, -0.1) is 0 Å². The van der Waals surface area contributed by atoms with E-state index in [9.17, 15) is 0 Å². The topological polar surface area (TPSA) is 29.3 Å². The SMILES string of the molecule is NC(=S)CCN(Cc1ccc(Br)cc1)c1ccccc1. The lowest BCUT2D eigenvalue weighted by atomic mass is 10.2. The Morgan fingerprint density at radius 1 is 1.05 bits per heavy atom. The van der Waals surface area contributed by atoms with Crippen molar-refractivity contribution in [1.82, 2.24) is 0 Å². The molecule has 0 heterocycles. The molecule has 0 fully saturated rings. The maximum absolute atomic E-state index is 5.63. The summed E-state index contributed by atoms with van der Waals surface area (Å²) in [5.41, 5.74) is 8.08. The van der Waals surface area contributed by atoms with E-state index >= 15 is 0 Å². The van der Waals surface area contributed by atoms with Gasteiger partial charge in [0.05, 0.1) is 4.99 Å². The highest BCUT2D eigenvalue weighted by atomic mass is 79.9. The van der Waals surface area contributed by atoms with Crippen molar-refractivity contribution in [3.63, 3.8) is 0 Å². The van der Waals surface area contributed by atoms with Crippen LogP contribution in [0.2, 0.25) is 0 Å². The lowest BCUT2D eigenvalue weighted by Crippen LogP contribution is -2.27. The summed E-state index contributed by atoms with van der Waals surface area (Å²) < 4.78 is 1.09. The molecule has 2 aromatic rings. The highest BCUT2D eigenvalue weighted by Gasteiger charge is 2.07. The predicted octanol–water partition coefficient (Wildman–Crippen LogP) is 4.13. The van der Waals surface area contributed by atoms with Crippen LogP contribution < -0.4 is 10.6 Å². The number of rotatable bonds is 6. The molecule has 0 radical (unpaired) electrons. The summed E-state index contributed by atoms with van der Waals surface area (Å²) in [4.78, 5) is 2.85. The highest BCUT2D eigenvalue weighted by molar-refractivity contribution is 9.10. The van der Waals surface area contributed by atoms with E-state index in [1.165, 1.54) is 11.3 Å². The monoisotopic (exact) mass is 348 g/mol. The van der Waals surface area contributed by atoms with Crippen LogP contribution in [0, 0.1) is 0 Å². The summed E-state index contributed by atoms with van der Waals surface area (Å²) in [6, 6.07) is 18.7. The number of halogens is 1. The van der Waals surface area contributed by atoms with E-state index in [0.717, 1.165) is 24.0 Å². The van der Waals surface area contributed by atoms with Gasteiger partial charge in [0.1, 0.15) is 0 Å². The Kier molecular flexibility index (Phi) is 5.56. The number of para-hydroxylation sites is 1. The van der Waals surface area contributed by atoms with E-state index in [1.807, 2.05) is 18.2 Å². The molecule has 0 aromatic heterocycles. The van der Waals surface area contributed by atoms with Crippen molar-refractivity contribution in [2.24, 2.45) is 5.73 Å². The Hall–Kier alpha value is -1.39. The first-order valence-corrected chi connectivity index (χ1v) is 7.68. The normalized spacial score (nSPS) is 10.2. The zero-order valence-electron chi connectivity index (χ0n) is 11.1. The molecule has 2 N–H and O–H groups in total. The van der Waals surface area contributed by atoms with Crippen LogP contribution in [0.15, 0.2) is 59.1 Å². The summed E-state index contributed by atoms with van der Waals surface area (Å²) in [6.07, 6.45) is 0.723. The Morgan fingerprint density at radius 3 is 2.30 bits per heavy atom. The van der Waals surface area contributed by atoms with Crippen LogP contribution in [-0.4, -0.2) is 11.5 Å². The summed E-state index contributed by atoms with van der Waals surface area (Å²) in [5, 5.41) is 0. The van der Waals surface area contributed by atoms with Gasteiger partial charge in [-0.05, 0) is 29.8 Å². The summed E-state index contributed by atoms with van der Waals surface area (Å²) in [5.74, 6) is 0. The molecule has 0 unspecified atom stereocenters. The van der Waals surface area contributed by atoms with Gasteiger partial charge in [-0.25, -0.2) is 0 Å². The zero-order chi connectivity index (χ0) is 14.4. The first kappa shape index (κ1) is 15.0. The van der Waals surface area contributed by atoms with E-state index in [4.69, 9.17) is 18.0 Å². The molecule has 2 aromatic carbocycles. The fraction of sp³-hybridized carbons (Fsp3) is 0.188. The minimum atomic E-state index is 0.557. The predicted molar refractivity (Wildman–Crippen MR) is 93.0 cm³/mol. The van der Waals surface area contributed by atoms with Gasteiger partial charge < -0.3 is 10.6 Å². The lowest BCUT2D eigenvalue weighted by molar-refractivity contribution is 0.806. The molecule has 0 amide bonds. The van der Waals surface area contributed by atoms with Crippen LogP contribution in [-0.2, 0) is 6.54 Å². The Bertz CT molecular complexity index is 554. The second kappa shape index (κ2) is 7.41. The highest BCUT2D eigenvalue weighted by Crippen LogP contribution is 2.18. The Morgan fingerprint density at radius 2 is 1.70 bits per heavy atom. The largest absolute Gasteiger partial charge is 0.393 e. The average molecular weight is 349 g/mol. The van der Waals surface area contributed by atoms with Crippen molar-refractivity contribution in [3.8, 4) is 0 Å². The van der Waals surface area contributed by atoms with Gasteiger partial charge in [0.15, 0.2) is 0 Å². The lowest BCUT2D eigenvalue weighted by Gasteiger charge is -2.25. The molecule has 0 atom stereocenters. The molecule has 0 aliphatic carbocycles. The van der Waals surface area contributed by atoms with Crippen LogP contribution in [0.25, 0.3) is 0 Å². The number of hydrogen-bond acceptors (Lipinski definition) is 2. The van der Waals surface area contributed by atoms with Gasteiger partial charge in [-0.2, -0.15) is 0 Å². The summed E-state index contributed by atoms with van der Waals surface area (Å²) in [7, 11) is 0. The van der Waals surface area contributed by atoms with Crippen LogP contribution in [0.1, 0.15) is 12.0 Å². The molecule has 20 heavy (non-hydrogen) atoms. The minimum Gasteiger partial charge on any atom is -0.393 e. The number of benzene rings is 2. The minimum absolute atomic E-state index is 0.557. The maximum Gasteiger partial charge on any atom is 0.0745 e. The average Bonchev–Trinajstić information content (AvgIpc) is 2.46. The fourth-order valence-electron chi connectivity index (χ4n) is 1.99. The van der Waals surface area contributed by atoms with Crippen molar-refractivity contribution in [2.45, 2.75) is 13.0 Å². The Balaban J connectivity index is 2.13. The molecule has 0 bridgehead atoms. The van der Waals surface area contributed by atoms with Crippen LogP contribution in [0.5, 0.6) is 0 Å². The van der Waals surface area contributed by atoms with Crippen LogP contribution in [0.4, 0.5) is 5.69 Å². The molecule has 0 spiro atoms. The second-order valence-electron chi connectivity index (χ2n) is 4.60. The van der Waals surface area contributed by atoms with E-state index in [-0.39, 0.29) is 0 Å². The summed E-state index contributed by atoms with van der Waals surface area (Å²) >= 11 is 8.45. The first-order valence-electron chi connectivity index (χ1n) is 6.48. The molecule has 4 heteroatoms. The molecule has 0 saturated heterocycles. The standard InChI is InChI=1S/C16H17BrN2S/c17-14-8-6-13(7-9-14)12-19(11-10-16(18)20)15-4-2-1-3-5-15/h1-9H,10-12H2,(H2,18,20). The molecule has 0 saturated carbocycles. The number of thiocarbonyl (C=S) groups is 1. The van der Waals surface area contributed by atoms with Crippen LogP contribution in [0.3, 0.4) is 0 Å². The molecule has 104 valence electrons. The zero-order valence-corrected chi connectivity index (χ0v) is 13.5. The van der Waals surface area contributed by atoms with Gasteiger partial charge in [-0.3, -0.25) is 0 Å². The quantitative estimate of drug-likeness (QED) is 0.795. The van der Waals surface area contributed by atoms with E-state index in [2.05, 4.69) is 57.2 Å². The molecule has 2 rings (SSSR count). The van der Waals surface area contributed by atoms with Crippen molar-refractivity contribution < 1.29 is 0 Å². The molecule has 2 nitrogen and oxygen atoms in total. The van der Waals surface area contributed by atoms with Crippen molar-refractivity contribution >= 4 is 38.8 Å². The smallest absolute Gasteiger partial charge is 0.0745 e. The van der Waals surface area contributed by atoms with Crippen molar-refractivity contribution in [2.75, 3.05) is 11.4 Å². The van der Waals surface area contributed by atoms with Crippen molar-refractivity contribution in [3.05, 3.63) is 64.6 Å². The third-order valence-electron chi connectivity index (χ3n) is 3.04. The van der Waals surface area contributed by atoms with Gasteiger partial charge >= 0.3 is 0 Å².